The van der Waals surface area contributed by atoms with Crippen LogP contribution in [-0.4, -0.2) is 15.8 Å². The Kier molecular flexibility index (Phi) is 5.71. The van der Waals surface area contributed by atoms with Gasteiger partial charge in [-0.2, -0.15) is 0 Å². The van der Waals surface area contributed by atoms with Crippen LogP contribution in [0.1, 0.15) is 6.42 Å². The molecular formula is C22H22IPS2. The molecule has 26 heavy (non-hydrogen) atoms. The van der Waals surface area contributed by atoms with Crippen LogP contribution in [0.2, 0.25) is 0 Å². The van der Waals surface area contributed by atoms with Crippen LogP contribution in [0.5, 0.6) is 0 Å². The van der Waals surface area contributed by atoms with Gasteiger partial charge in [-0.3, -0.25) is 0 Å². The molecule has 0 aromatic heterocycles. The summed E-state index contributed by atoms with van der Waals surface area (Å²) in [5.41, 5.74) is 0. The average molecular weight is 508 g/mol. The zero-order chi connectivity index (χ0) is 17.9. The molecule has 1 aliphatic heterocycles. The molecule has 0 atom stereocenters. The van der Waals surface area contributed by atoms with Crippen LogP contribution in [-0.2, 0) is 0 Å². The third-order valence-electron chi connectivity index (χ3n) is 4.99. The Balaban J connectivity index is 2.10. The molecule has 3 aromatic rings. The van der Waals surface area contributed by atoms with Gasteiger partial charge in [-0.1, -0.05) is 0 Å². The van der Waals surface area contributed by atoms with Crippen LogP contribution in [0.4, 0.5) is 0 Å². The van der Waals surface area contributed by atoms with Crippen molar-refractivity contribution in [2.75, 3.05) is 11.5 Å². The van der Waals surface area contributed by atoms with Crippen LogP contribution in [0, 0.1) is 0 Å². The molecular weight excluding hydrogens is 486 g/mol. The number of benzene rings is 3. The first kappa shape index (κ1) is 18.9. The van der Waals surface area contributed by atoms with Gasteiger partial charge in [0.1, 0.15) is 0 Å². The fourth-order valence-corrected chi connectivity index (χ4v) is 20.6. The minimum atomic E-state index is -2.64. The molecule has 0 unspecified atom stereocenters. The summed E-state index contributed by atoms with van der Waals surface area (Å²) in [5, 5.41) is 4.47. The second-order valence-electron chi connectivity index (χ2n) is 6.48. The predicted octanol–water partition coefficient (Wildman–Crippen LogP) is 6.02. The molecule has 0 nitrogen and oxygen atoms in total. The van der Waals surface area contributed by atoms with E-state index in [-0.39, 0.29) is 0 Å². The molecule has 1 saturated heterocycles. The summed E-state index contributed by atoms with van der Waals surface area (Å²) in [6, 6.07) is 33.8. The van der Waals surface area contributed by atoms with E-state index < -0.39 is 4.25 Å². The van der Waals surface area contributed by atoms with Gasteiger partial charge in [0.15, 0.2) is 0 Å². The number of hydrogen-bond acceptors (Lipinski definition) is 2. The van der Waals surface area contributed by atoms with Crippen LogP contribution < -0.4 is 15.9 Å². The molecule has 0 radical (unpaired) electrons. The molecule has 3 aromatic carbocycles. The zero-order valence-corrected chi connectivity index (χ0v) is 19.2. The average Bonchev–Trinajstić information content (AvgIpc) is 2.76. The van der Waals surface area contributed by atoms with Crippen molar-refractivity contribution in [1.29, 1.82) is 0 Å². The van der Waals surface area contributed by atoms with Crippen LogP contribution in [0.3, 0.4) is 0 Å². The topological polar surface area (TPSA) is 0 Å². The van der Waals surface area contributed by atoms with Gasteiger partial charge in [0.25, 0.3) is 0 Å². The van der Waals surface area contributed by atoms with E-state index in [1.165, 1.54) is 33.8 Å². The number of hydrogen-bond donors (Lipinski definition) is 0. The van der Waals surface area contributed by atoms with Crippen LogP contribution >= 0.6 is 49.8 Å². The quantitative estimate of drug-likeness (QED) is 0.312. The van der Waals surface area contributed by atoms with Crippen molar-refractivity contribution in [2.24, 2.45) is 0 Å². The Hall–Kier alpha value is -0.480. The van der Waals surface area contributed by atoms with Crippen molar-refractivity contribution in [3.8, 4) is 0 Å². The van der Waals surface area contributed by atoms with Gasteiger partial charge in [-0.25, -0.2) is 0 Å². The molecule has 134 valence electrons. The number of thioether (sulfide) groups is 2. The molecule has 1 aliphatic rings. The second-order valence-corrected chi connectivity index (χ2v) is 20.1. The molecule has 1 fully saturated rings. The maximum atomic E-state index is 2.91. The summed E-state index contributed by atoms with van der Waals surface area (Å²) in [7, 11) is 0. The molecule has 0 spiro atoms. The van der Waals surface area contributed by atoms with Crippen molar-refractivity contribution in [3.05, 3.63) is 91.0 Å². The number of halogens is 1. The zero-order valence-electron chi connectivity index (χ0n) is 14.5. The molecule has 0 aliphatic carbocycles. The van der Waals surface area contributed by atoms with E-state index in [0.29, 0.717) is 4.32 Å². The van der Waals surface area contributed by atoms with E-state index in [1.54, 1.807) is 0 Å². The van der Waals surface area contributed by atoms with Gasteiger partial charge in [-0.15, -0.1) is 0 Å². The van der Waals surface area contributed by atoms with E-state index >= 15 is 0 Å². The molecule has 4 heteroatoms. The van der Waals surface area contributed by atoms with Gasteiger partial charge in [0.05, 0.1) is 0 Å². The summed E-state index contributed by atoms with van der Waals surface area (Å²) in [4.78, 5) is 0. The van der Waals surface area contributed by atoms with Gasteiger partial charge in [0.2, 0.25) is 0 Å². The SMILES string of the molecule is IP(c1ccccc1)(c1ccccc1)(c1ccccc1)C1SCCCS1. The standard InChI is InChI=1S/C22H22IPS2/c23-24(19-11-4-1-5-12-19,20-13-6-2-7-14-20,21-15-8-3-9-16-21)22-25-17-10-18-26-22/h1-9,11-16,22H,10,17-18H2. The predicted molar refractivity (Wildman–Crippen MR) is 132 cm³/mol. The van der Waals surface area contributed by atoms with E-state index in [2.05, 4.69) is 137 Å². The first-order chi connectivity index (χ1) is 12.7. The summed E-state index contributed by atoms with van der Waals surface area (Å²) in [6.45, 7) is 0. The summed E-state index contributed by atoms with van der Waals surface area (Å²) >= 11 is 7.25. The molecule has 1 heterocycles. The van der Waals surface area contributed by atoms with E-state index in [1.807, 2.05) is 0 Å². The van der Waals surface area contributed by atoms with E-state index in [4.69, 9.17) is 0 Å². The fraction of sp³-hybridized carbons (Fsp3) is 0.182. The van der Waals surface area contributed by atoms with Crippen molar-refractivity contribution in [1.82, 2.24) is 0 Å². The van der Waals surface area contributed by atoms with E-state index in [0.717, 1.165) is 0 Å². The normalized spacial score (nSPS) is 17.3. The summed E-state index contributed by atoms with van der Waals surface area (Å²) in [6.07, 6.45) is 1.31. The molecule has 0 amide bonds. The monoisotopic (exact) mass is 508 g/mol. The number of rotatable bonds is 4. The minimum absolute atomic E-state index is 0.544. The molecule has 0 bridgehead atoms. The van der Waals surface area contributed by atoms with E-state index in [9.17, 15) is 0 Å². The summed E-state index contributed by atoms with van der Waals surface area (Å²) < 4.78 is -2.10. The molecule has 4 rings (SSSR count). The Morgan fingerprint density at radius 3 is 1.31 bits per heavy atom. The van der Waals surface area contributed by atoms with Crippen LogP contribution in [0.25, 0.3) is 0 Å². The summed E-state index contributed by atoms with van der Waals surface area (Å²) in [5.74, 6) is 2.51. The van der Waals surface area contributed by atoms with Crippen LogP contribution in [0.15, 0.2) is 91.0 Å². The third kappa shape index (κ3) is 2.96. The van der Waals surface area contributed by atoms with Crippen molar-refractivity contribution in [3.63, 3.8) is 0 Å². The van der Waals surface area contributed by atoms with Crippen molar-refractivity contribution >= 4 is 65.7 Å². The Bertz CT molecular complexity index is 750. The van der Waals surface area contributed by atoms with Crippen molar-refractivity contribution < 1.29 is 0 Å². The fourth-order valence-electron chi connectivity index (χ4n) is 3.73. The Morgan fingerprint density at radius 1 is 0.615 bits per heavy atom. The first-order valence-corrected chi connectivity index (χ1v) is 16.1. The van der Waals surface area contributed by atoms with Gasteiger partial charge in [-0.05, 0) is 0 Å². The first-order valence-electron chi connectivity index (χ1n) is 8.88. The Morgan fingerprint density at radius 2 is 0.962 bits per heavy atom. The molecule has 0 saturated carbocycles. The van der Waals surface area contributed by atoms with Gasteiger partial charge >= 0.3 is 179 Å². The van der Waals surface area contributed by atoms with Gasteiger partial charge in [0, 0.05) is 0 Å². The van der Waals surface area contributed by atoms with Crippen molar-refractivity contribution in [2.45, 2.75) is 10.7 Å². The second kappa shape index (κ2) is 7.87. The maximum absolute atomic E-state index is 2.91. The third-order valence-corrected chi connectivity index (χ3v) is 24.5. The Labute approximate surface area is 178 Å². The molecule has 0 N–H and O–H groups in total. The van der Waals surface area contributed by atoms with Gasteiger partial charge < -0.3 is 0 Å².